The summed E-state index contributed by atoms with van der Waals surface area (Å²) in [6, 6.07) is 6.32. The molecule has 11 nitrogen and oxygen atoms in total. The van der Waals surface area contributed by atoms with Gasteiger partial charge in [-0.15, -0.1) is 11.3 Å². The van der Waals surface area contributed by atoms with Crippen molar-refractivity contribution in [3.63, 3.8) is 0 Å². The van der Waals surface area contributed by atoms with E-state index >= 15 is 0 Å². The number of rotatable bonds is 6. The lowest BCUT2D eigenvalue weighted by Crippen LogP contribution is -2.59. The molecule has 3 saturated heterocycles. The van der Waals surface area contributed by atoms with Crippen LogP contribution in [0.5, 0.6) is 0 Å². The first kappa shape index (κ1) is 28.5. The van der Waals surface area contributed by atoms with Crippen molar-refractivity contribution >= 4 is 39.6 Å². The van der Waals surface area contributed by atoms with E-state index in [2.05, 4.69) is 38.8 Å². The fourth-order valence-electron chi connectivity index (χ4n) is 7.06. The monoisotopic (exact) mass is 589 g/mol. The Hall–Kier alpha value is -3.66. The van der Waals surface area contributed by atoms with Gasteiger partial charge in [-0.25, -0.2) is 9.98 Å². The molecule has 1 spiro atoms. The molecule has 0 saturated carbocycles. The molecular weight excluding hydrogens is 550 g/mol. The summed E-state index contributed by atoms with van der Waals surface area (Å²) < 4.78 is 0. The molecule has 2 aromatic heterocycles. The number of nitrogens with one attached hydrogen (secondary N) is 1. The molecule has 6 rings (SSSR count). The Labute approximate surface area is 250 Å². The van der Waals surface area contributed by atoms with Gasteiger partial charge in [0, 0.05) is 79.8 Å². The number of hydrogen-bond donors (Lipinski definition) is 4. The molecule has 5 heterocycles. The molecule has 4 aliphatic rings. The Kier molecular flexibility index (Phi) is 7.37. The fourth-order valence-corrected chi connectivity index (χ4v) is 8.26. The van der Waals surface area contributed by atoms with Crippen LogP contribution in [0.15, 0.2) is 29.8 Å². The van der Waals surface area contributed by atoms with E-state index in [0.717, 1.165) is 93.6 Å². The maximum Gasteiger partial charge on any atom is 0.245 e. The molecule has 1 amide bonds. The van der Waals surface area contributed by atoms with Gasteiger partial charge in [-0.05, 0) is 43.4 Å². The van der Waals surface area contributed by atoms with Crippen molar-refractivity contribution in [2.24, 2.45) is 16.1 Å². The Morgan fingerprint density at radius 1 is 1.26 bits per heavy atom. The van der Waals surface area contributed by atoms with Crippen LogP contribution >= 0.6 is 11.3 Å². The van der Waals surface area contributed by atoms with E-state index in [1.807, 2.05) is 17.9 Å². The lowest BCUT2D eigenvalue weighted by Gasteiger charge is -2.47. The summed E-state index contributed by atoms with van der Waals surface area (Å²) >= 11 is 1.43. The topological polar surface area (TPSA) is 160 Å². The predicted octanol–water partition coefficient (Wildman–Crippen LogP) is 1.55. The molecule has 42 heavy (non-hydrogen) atoms. The maximum atomic E-state index is 12.1. The van der Waals surface area contributed by atoms with Gasteiger partial charge < -0.3 is 36.6 Å². The van der Waals surface area contributed by atoms with Crippen molar-refractivity contribution in [1.82, 2.24) is 15.2 Å². The number of aliphatic hydroxyl groups excluding tert-OH is 1. The maximum absolute atomic E-state index is 12.1. The molecule has 3 aliphatic heterocycles. The number of nitrogens with zero attached hydrogens (tertiary/aromatic N) is 6. The molecule has 222 valence electrons. The van der Waals surface area contributed by atoms with E-state index in [1.54, 1.807) is 0 Å². The Morgan fingerprint density at radius 2 is 2.02 bits per heavy atom. The van der Waals surface area contributed by atoms with Gasteiger partial charge in [0.25, 0.3) is 0 Å². The third kappa shape index (κ3) is 4.89. The first-order valence-electron chi connectivity index (χ1n) is 14.6. The average molecular weight is 590 g/mol. The second-order valence-corrected chi connectivity index (χ2v) is 13.4. The zero-order chi connectivity index (χ0) is 29.6. The van der Waals surface area contributed by atoms with Gasteiger partial charge in [-0.2, -0.15) is 5.26 Å². The zero-order valence-corrected chi connectivity index (χ0v) is 24.9. The molecular formula is C30H39N9O2S. The minimum atomic E-state index is -1.16. The molecule has 2 atom stereocenters. The number of nitrogen functional groups attached to an aromatic ring is 1. The average Bonchev–Trinajstić information content (AvgIpc) is 3.58. The van der Waals surface area contributed by atoms with Crippen molar-refractivity contribution in [2.75, 3.05) is 67.9 Å². The molecule has 0 aromatic carbocycles. The van der Waals surface area contributed by atoms with E-state index < -0.39 is 11.6 Å². The number of fused-ring (bicyclic) bond motifs is 1. The zero-order valence-electron chi connectivity index (χ0n) is 24.1. The number of aliphatic imine (C=N–C) groups is 1. The van der Waals surface area contributed by atoms with Gasteiger partial charge in [0.15, 0.2) is 6.23 Å². The quantitative estimate of drug-likeness (QED) is 0.223. The Bertz CT molecular complexity index is 1470. The van der Waals surface area contributed by atoms with Gasteiger partial charge in [0.05, 0.1) is 5.56 Å². The smallest absolute Gasteiger partial charge is 0.245 e. The van der Waals surface area contributed by atoms with Gasteiger partial charge in [-0.1, -0.05) is 13.5 Å². The number of nitrogens with two attached hydrogens (primary N) is 2. The standard InChI is InChI=1S/C30H39N9O2S/c1-3-24(40)39-17-30(18-39)7-10-38(16-30)19-13-21(35-23(14-19)37-11-8-34-9-12-37)26(32)36-28(41)29(2)6-4-5-22-25(29)20(15-31)27(33)42-22/h3,13-14,28,34,41H,1,4-12,16-18,33H2,2H3,(H2,32,36). The number of aryl methyl sites for hydroxylation is 1. The minimum absolute atomic E-state index is 0.0142. The second-order valence-electron chi connectivity index (χ2n) is 12.3. The van der Waals surface area contributed by atoms with Gasteiger partial charge in [0.1, 0.15) is 28.4 Å². The van der Waals surface area contributed by atoms with Crippen molar-refractivity contribution < 1.29 is 9.90 Å². The largest absolute Gasteiger partial charge is 0.389 e. The number of anilines is 3. The van der Waals surface area contributed by atoms with Gasteiger partial charge >= 0.3 is 0 Å². The normalized spacial score (nSPS) is 24.2. The highest BCUT2D eigenvalue weighted by Gasteiger charge is 2.49. The first-order valence-corrected chi connectivity index (χ1v) is 15.5. The van der Waals surface area contributed by atoms with Crippen molar-refractivity contribution in [3.8, 4) is 6.07 Å². The number of thiophene rings is 1. The van der Waals surface area contributed by atoms with E-state index in [-0.39, 0.29) is 17.2 Å². The number of aliphatic hydroxyl groups is 1. The number of pyridine rings is 1. The molecule has 0 bridgehead atoms. The highest BCUT2D eigenvalue weighted by atomic mass is 32.1. The molecule has 0 radical (unpaired) electrons. The summed E-state index contributed by atoms with van der Waals surface area (Å²) in [6.07, 6.45) is 3.60. The summed E-state index contributed by atoms with van der Waals surface area (Å²) in [6.45, 7) is 12.2. The number of aromatic nitrogens is 1. The lowest BCUT2D eigenvalue weighted by molar-refractivity contribution is -0.136. The predicted molar refractivity (Wildman–Crippen MR) is 166 cm³/mol. The summed E-state index contributed by atoms with van der Waals surface area (Å²) in [5, 5.41) is 25.2. The number of nitriles is 1. The van der Waals surface area contributed by atoms with Crippen LogP contribution in [0.1, 0.15) is 47.9 Å². The van der Waals surface area contributed by atoms with E-state index in [0.29, 0.717) is 22.7 Å². The summed E-state index contributed by atoms with van der Waals surface area (Å²) in [5.74, 6) is 0.980. The first-order chi connectivity index (χ1) is 20.2. The van der Waals surface area contributed by atoms with E-state index in [9.17, 15) is 15.2 Å². The van der Waals surface area contributed by atoms with Gasteiger partial charge in [-0.3, -0.25) is 4.79 Å². The number of amides is 1. The Balaban J connectivity index is 1.31. The molecule has 1 aliphatic carbocycles. The molecule has 12 heteroatoms. The number of piperazine rings is 1. The van der Waals surface area contributed by atoms with Crippen molar-refractivity contribution in [1.29, 1.82) is 5.26 Å². The summed E-state index contributed by atoms with van der Waals surface area (Å²) in [4.78, 5) is 29.1. The SMILES string of the molecule is C=CC(=O)N1CC2(CCN(c3cc(/C(N)=N/C(O)C4(C)CCCc5sc(N)c(C#N)c54)nc(N4CCNCC4)c3)C2)C1. The van der Waals surface area contributed by atoms with Crippen molar-refractivity contribution in [2.45, 2.75) is 44.2 Å². The molecule has 2 unspecified atom stereocenters. The summed E-state index contributed by atoms with van der Waals surface area (Å²) in [5.41, 5.74) is 14.9. The highest BCUT2D eigenvalue weighted by molar-refractivity contribution is 7.16. The number of amidine groups is 1. The van der Waals surface area contributed by atoms with Crippen LogP contribution < -0.4 is 26.6 Å². The van der Waals surface area contributed by atoms with Crippen LogP contribution in [0.3, 0.4) is 0 Å². The molecule has 3 fully saturated rings. The second kappa shape index (κ2) is 10.9. The Morgan fingerprint density at radius 3 is 2.74 bits per heavy atom. The van der Waals surface area contributed by atoms with Crippen LogP contribution in [0.2, 0.25) is 0 Å². The summed E-state index contributed by atoms with van der Waals surface area (Å²) in [7, 11) is 0. The fraction of sp³-hybridized carbons (Fsp3) is 0.533. The molecule has 2 aromatic rings. The van der Waals surface area contributed by atoms with Crippen LogP contribution in [0.4, 0.5) is 16.5 Å². The lowest BCUT2D eigenvalue weighted by atomic mass is 9.71. The van der Waals surface area contributed by atoms with Crippen LogP contribution in [0, 0.1) is 16.7 Å². The number of carbonyl (C=O) groups excluding carboxylic acids is 1. The van der Waals surface area contributed by atoms with Crippen LogP contribution in [-0.2, 0) is 16.6 Å². The van der Waals surface area contributed by atoms with Gasteiger partial charge in [0.2, 0.25) is 5.91 Å². The highest BCUT2D eigenvalue weighted by Crippen LogP contribution is 2.47. The third-order valence-electron chi connectivity index (χ3n) is 9.46. The van der Waals surface area contributed by atoms with E-state index in [1.165, 1.54) is 17.4 Å². The van der Waals surface area contributed by atoms with Crippen LogP contribution in [0.25, 0.3) is 0 Å². The minimum Gasteiger partial charge on any atom is -0.389 e. The molecule has 6 N–H and O–H groups in total. The third-order valence-corrected chi connectivity index (χ3v) is 10.5. The number of likely N-dealkylation sites (tertiary alicyclic amines) is 1. The number of carbonyl (C=O) groups is 1. The van der Waals surface area contributed by atoms with E-state index in [4.69, 9.17) is 16.5 Å². The van der Waals surface area contributed by atoms with Crippen molar-refractivity contribution in [3.05, 3.63) is 46.5 Å². The number of hydrogen-bond acceptors (Lipinski definition) is 10. The van der Waals surface area contributed by atoms with Crippen LogP contribution in [-0.4, -0.2) is 85.3 Å².